The van der Waals surface area contributed by atoms with E-state index in [-0.39, 0.29) is 12.3 Å². The quantitative estimate of drug-likeness (QED) is 0.710. The fourth-order valence-corrected chi connectivity index (χ4v) is 3.21. The van der Waals surface area contributed by atoms with E-state index in [4.69, 9.17) is 4.42 Å². The van der Waals surface area contributed by atoms with Crippen LogP contribution < -0.4 is 5.32 Å². The average molecular weight is 340 g/mol. The van der Waals surface area contributed by atoms with Crippen molar-refractivity contribution in [3.63, 3.8) is 0 Å². The van der Waals surface area contributed by atoms with Crippen LogP contribution in [0, 0.1) is 6.92 Å². The van der Waals surface area contributed by atoms with Gasteiger partial charge in [-0.1, -0.05) is 38.1 Å². The maximum atomic E-state index is 12.4. The van der Waals surface area contributed by atoms with Crippen molar-refractivity contribution in [2.45, 2.75) is 33.1 Å². The first-order valence-electron chi connectivity index (χ1n) is 7.93. The van der Waals surface area contributed by atoms with Gasteiger partial charge in [-0.2, -0.15) is 0 Å². The van der Waals surface area contributed by atoms with E-state index >= 15 is 0 Å². The van der Waals surface area contributed by atoms with Crippen molar-refractivity contribution in [1.29, 1.82) is 0 Å². The van der Waals surface area contributed by atoms with Crippen LogP contribution in [0.1, 0.15) is 36.8 Å². The average Bonchev–Trinajstić information content (AvgIpc) is 3.18. The summed E-state index contributed by atoms with van der Waals surface area (Å²) in [5, 5.41) is 4.97. The molecule has 0 aliphatic rings. The number of aromatic nitrogens is 1. The summed E-state index contributed by atoms with van der Waals surface area (Å²) in [4.78, 5) is 17.9. The number of anilines is 1. The van der Waals surface area contributed by atoms with Crippen LogP contribution in [-0.4, -0.2) is 10.9 Å². The summed E-state index contributed by atoms with van der Waals surface area (Å²) >= 11 is 1.57. The number of nitrogens with one attached hydrogen (secondary N) is 1. The number of carbonyl (C=O) groups excluding carboxylic acids is 1. The number of benzene rings is 1. The van der Waals surface area contributed by atoms with Crippen molar-refractivity contribution >= 4 is 22.9 Å². The predicted molar refractivity (Wildman–Crippen MR) is 97.4 cm³/mol. The van der Waals surface area contributed by atoms with Crippen molar-refractivity contribution in [2.24, 2.45) is 0 Å². The number of hydrogen-bond acceptors (Lipinski definition) is 4. The molecule has 0 unspecified atom stereocenters. The van der Waals surface area contributed by atoms with E-state index < -0.39 is 0 Å². The van der Waals surface area contributed by atoms with E-state index in [2.05, 4.69) is 24.1 Å². The molecular formula is C19H20N2O2S. The van der Waals surface area contributed by atoms with Crippen molar-refractivity contribution in [3.8, 4) is 10.8 Å². The Bertz CT molecular complexity index is 835. The molecule has 5 heteroatoms. The van der Waals surface area contributed by atoms with Crippen LogP contribution in [0.15, 0.2) is 46.2 Å². The number of aryl methyl sites for hydroxylation is 1. The highest BCUT2D eigenvalue weighted by Gasteiger charge is 2.16. The third kappa shape index (κ3) is 3.57. The zero-order valence-electron chi connectivity index (χ0n) is 14.0. The van der Waals surface area contributed by atoms with Gasteiger partial charge in [-0.05, 0) is 35.9 Å². The summed E-state index contributed by atoms with van der Waals surface area (Å²) in [5.74, 6) is 1.52. The van der Waals surface area contributed by atoms with Crippen LogP contribution in [0.4, 0.5) is 5.69 Å². The number of carbonyl (C=O) groups is 1. The zero-order valence-corrected chi connectivity index (χ0v) is 14.8. The van der Waals surface area contributed by atoms with Crippen molar-refractivity contribution in [2.75, 3.05) is 5.32 Å². The normalized spacial score (nSPS) is 11.0. The minimum atomic E-state index is -0.0859. The Labute approximate surface area is 145 Å². The molecule has 1 amide bonds. The molecule has 1 N–H and O–H groups in total. The second-order valence-corrected chi connectivity index (χ2v) is 6.91. The van der Waals surface area contributed by atoms with Gasteiger partial charge in [0.1, 0.15) is 5.76 Å². The second-order valence-electron chi connectivity index (χ2n) is 5.97. The van der Waals surface area contributed by atoms with E-state index in [1.807, 2.05) is 48.7 Å². The Hall–Kier alpha value is -2.40. The third-order valence-electron chi connectivity index (χ3n) is 3.81. The monoisotopic (exact) mass is 340 g/mol. The fraction of sp³-hybridized carbons (Fsp3) is 0.263. The molecule has 0 fully saturated rings. The van der Waals surface area contributed by atoms with E-state index in [0.717, 1.165) is 16.1 Å². The Morgan fingerprint density at radius 2 is 2.04 bits per heavy atom. The summed E-state index contributed by atoms with van der Waals surface area (Å²) in [5.41, 5.74) is 2.66. The van der Waals surface area contributed by atoms with E-state index in [9.17, 15) is 4.79 Å². The summed E-state index contributed by atoms with van der Waals surface area (Å²) in [6.45, 7) is 6.06. The van der Waals surface area contributed by atoms with E-state index in [0.29, 0.717) is 23.3 Å². The van der Waals surface area contributed by atoms with Gasteiger partial charge in [0.25, 0.3) is 0 Å². The van der Waals surface area contributed by atoms with Gasteiger partial charge < -0.3 is 9.73 Å². The van der Waals surface area contributed by atoms with Gasteiger partial charge in [0.2, 0.25) is 11.8 Å². The number of nitrogens with zero attached hydrogens (tertiary/aromatic N) is 1. The van der Waals surface area contributed by atoms with Crippen LogP contribution in [0.3, 0.4) is 0 Å². The largest absolute Gasteiger partial charge is 0.440 e. The summed E-state index contributed by atoms with van der Waals surface area (Å²) in [7, 11) is 0. The Kier molecular flexibility index (Phi) is 4.81. The highest BCUT2D eigenvalue weighted by atomic mass is 32.1. The molecule has 1 aromatic carbocycles. The van der Waals surface area contributed by atoms with Gasteiger partial charge in [0.15, 0.2) is 0 Å². The lowest BCUT2D eigenvalue weighted by Gasteiger charge is -2.13. The van der Waals surface area contributed by atoms with Gasteiger partial charge in [-0.25, -0.2) is 4.98 Å². The number of rotatable bonds is 5. The first-order chi connectivity index (χ1) is 11.5. The number of hydrogen-bond donors (Lipinski definition) is 1. The number of oxazole rings is 1. The minimum absolute atomic E-state index is 0.0859. The van der Waals surface area contributed by atoms with Gasteiger partial charge in [0, 0.05) is 5.69 Å². The SMILES string of the molecule is Cc1oc(-c2cccs2)nc1CC(=O)Nc1ccccc1C(C)C. The molecule has 0 atom stereocenters. The molecule has 3 rings (SSSR count). The second kappa shape index (κ2) is 7.01. The van der Waals surface area contributed by atoms with Gasteiger partial charge in [-0.15, -0.1) is 11.3 Å². The molecular weight excluding hydrogens is 320 g/mol. The standard InChI is InChI=1S/C19H20N2O2S/c1-12(2)14-7-4-5-8-15(14)20-18(22)11-16-13(3)23-19(21-16)17-9-6-10-24-17/h4-10,12H,11H2,1-3H3,(H,20,22). The van der Waals surface area contributed by atoms with E-state index in [1.165, 1.54) is 0 Å². The molecule has 0 bridgehead atoms. The number of amides is 1. The molecule has 2 heterocycles. The summed E-state index contributed by atoms with van der Waals surface area (Å²) in [6.07, 6.45) is 0.202. The van der Waals surface area contributed by atoms with Crippen molar-refractivity contribution < 1.29 is 9.21 Å². The molecule has 0 saturated carbocycles. The van der Waals surface area contributed by atoms with Crippen LogP contribution in [0.25, 0.3) is 10.8 Å². The van der Waals surface area contributed by atoms with Crippen LogP contribution in [0.5, 0.6) is 0 Å². The highest BCUT2D eigenvalue weighted by molar-refractivity contribution is 7.13. The van der Waals surface area contributed by atoms with Crippen LogP contribution in [-0.2, 0) is 11.2 Å². The molecule has 2 aromatic heterocycles. The Morgan fingerprint density at radius 3 is 2.75 bits per heavy atom. The first-order valence-corrected chi connectivity index (χ1v) is 8.81. The predicted octanol–water partition coefficient (Wildman–Crippen LogP) is 5.02. The first kappa shape index (κ1) is 16.5. The molecule has 0 saturated heterocycles. The lowest BCUT2D eigenvalue weighted by Crippen LogP contribution is -2.16. The molecule has 24 heavy (non-hydrogen) atoms. The topological polar surface area (TPSA) is 55.1 Å². The van der Waals surface area contributed by atoms with Crippen LogP contribution >= 0.6 is 11.3 Å². The minimum Gasteiger partial charge on any atom is -0.440 e. The lowest BCUT2D eigenvalue weighted by molar-refractivity contribution is -0.115. The molecule has 0 spiro atoms. The Balaban J connectivity index is 1.74. The molecule has 4 nitrogen and oxygen atoms in total. The van der Waals surface area contributed by atoms with Gasteiger partial charge >= 0.3 is 0 Å². The van der Waals surface area contributed by atoms with Crippen molar-refractivity contribution in [1.82, 2.24) is 4.98 Å². The van der Waals surface area contributed by atoms with E-state index in [1.54, 1.807) is 11.3 Å². The smallest absolute Gasteiger partial charge is 0.236 e. The molecule has 0 aliphatic carbocycles. The fourth-order valence-electron chi connectivity index (χ4n) is 2.56. The highest BCUT2D eigenvalue weighted by Crippen LogP contribution is 2.27. The summed E-state index contributed by atoms with van der Waals surface area (Å²) in [6, 6.07) is 11.8. The summed E-state index contributed by atoms with van der Waals surface area (Å²) < 4.78 is 5.69. The maximum absolute atomic E-state index is 12.4. The number of thiophene rings is 1. The van der Waals surface area contributed by atoms with Crippen LogP contribution in [0.2, 0.25) is 0 Å². The third-order valence-corrected chi connectivity index (χ3v) is 4.67. The lowest BCUT2D eigenvalue weighted by atomic mass is 10.0. The molecule has 0 aliphatic heterocycles. The zero-order chi connectivity index (χ0) is 17.1. The molecule has 3 aromatic rings. The number of para-hydroxylation sites is 1. The van der Waals surface area contributed by atoms with Gasteiger partial charge in [-0.3, -0.25) is 4.79 Å². The maximum Gasteiger partial charge on any atom is 0.236 e. The molecule has 124 valence electrons. The molecule has 0 radical (unpaired) electrons. The van der Waals surface area contributed by atoms with Crippen molar-refractivity contribution in [3.05, 3.63) is 58.8 Å². The van der Waals surface area contributed by atoms with Gasteiger partial charge in [0.05, 0.1) is 17.0 Å². The Morgan fingerprint density at radius 1 is 1.25 bits per heavy atom.